The first-order valence-corrected chi connectivity index (χ1v) is 7.16. The molecule has 0 fully saturated rings. The van der Waals surface area contributed by atoms with Crippen LogP contribution in [0, 0.1) is 0 Å². The van der Waals surface area contributed by atoms with Crippen LogP contribution in [-0.4, -0.2) is 40.8 Å². The minimum Gasteiger partial charge on any atom is -0.466 e. The zero-order valence-electron chi connectivity index (χ0n) is 13.9. The number of aliphatic hydroxyl groups is 1. The van der Waals surface area contributed by atoms with Crippen LogP contribution in [0.3, 0.4) is 0 Å². The van der Waals surface area contributed by atoms with E-state index < -0.39 is 18.0 Å². The molecule has 24 heavy (non-hydrogen) atoms. The summed E-state index contributed by atoms with van der Waals surface area (Å²) in [5, 5.41) is 12.5. The SMILES string of the molecule is COC(=O)/C=C(/Nc1ccc2c(c1)nc(C(C)O)n2C)C(=O)OC. The lowest BCUT2D eigenvalue weighted by Crippen LogP contribution is -2.15. The van der Waals surface area contributed by atoms with Crippen molar-refractivity contribution in [3.05, 3.63) is 35.8 Å². The molecular formula is C16H19N3O5. The predicted octanol–water partition coefficient (Wildman–Crippen LogP) is 1.27. The predicted molar refractivity (Wildman–Crippen MR) is 87.1 cm³/mol. The number of fused-ring (bicyclic) bond motifs is 1. The molecule has 0 radical (unpaired) electrons. The minimum atomic E-state index is -0.705. The van der Waals surface area contributed by atoms with E-state index in [0.717, 1.165) is 11.6 Å². The van der Waals surface area contributed by atoms with Gasteiger partial charge < -0.3 is 24.5 Å². The second kappa shape index (κ2) is 7.14. The Morgan fingerprint density at radius 3 is 2.62 bits per heavy atom. The van der Waals surface area contributed by atoms with E-state index in [4.69, 9.17) is 0 Å². The van der Waals surface area contributed by atoms with Gasteiger partial charge >= 0.3 is 11.9 Å². The number of ether oxygens (including phenoxy) is 2. The Morgan fingerprint density at radius 2 is 2.04 bits per heavy atom. The Kier molecular flexibility index (Phi) is 5.20. The lowest BCUT2D eigenvalue weighted by Gasteiger charge is -2.09. The van der Waals surface area contributed by atoms with E-state index in [1.165, 1.54) is 14.2 Å². The topological polar surface area (TPSA) is 103 Å². The van der Waals surface area contributed by atoms with Gasteiger partial charge in [-0.1, -0.05) is 0 Å². The quantitative estimate of drug-likeness (QED) is 0.627. The highest BCUT2D eigenvalue weighted by atomic mass is 16.5. The number of nitrogens with zero attached hydrogens (tertiary/aromatic N) is 2. The molecule has 0 saturated heterocycles. The summed E-state index contributed by atoms with van der Waals surface area (Å²) in [4.78, 5) is 27.5. The van der Waals surface area contributed by atoms with Crippen molar-refractivity contribution in [2.45, 2.75) is 13.0 Å². The average Bonchev–Trinajstić information content (AvgIpc) is 2.90. The summed E-state index contributed by atoms with van der Waals surface area (Å²) in [7, 11) is 4.23. The molecule has 0 aliphatic rings. The molecule has 1 atom stereocenters. The fourth-order valence-corrected chi connectivity index (χ4v) is 2.26. The minimum absolute atomic E-state index is 0.0598. The smallest absolute Gasteiger partial charge is 0.354 e. The zero-order chi connectivity index (χ0) is 17.9. The number of carbonyl (C=O) groups excluding carboxylic acids is 2. The van der Waals surface area contributed by atoms with Crippen molar-refractivity contribution in [2.24, 2.45) is 7.05 Å². The van der Waals surface area contributed by atoms with Crippen LogP contribution in [0.4, 0.5) is 5.69 Å². The molecule has 8 nitrogen and oxygen atoms in total. The molecule has 0 aliphatic carbocycles. The van der Waals surface area contributed by atoms with E-state index in [2.05, 4.69) is 19.8 Å². The van der Waals surface area contributed by atoms with Gasteiger partial charge in [0.25, 0.3) is 0 Å². The summed E-state index contributed by atoms with van der Waals surface area (Å²) in [5.41, 5.74) is 1.95. The first-order valence-electron chi connectivity index (χ1n) is 7.16. The van der Waals surface area contributed by atoms with Crippen LogP contribution in [0.15, 0.2) is 30.0 Å². The standard InChI is InChI=1S/C16H19N3O5/c1-9(20)15-18-11-7-10(5-6-13(11)19(15)2)17-12(16(22)24-4)8-14(21)23-3/h5-9,17,20H,1-4H3/b12-8+. The third-order valence-electron chi connectivity index (χ3n) is 3.44. The zero-order valence-corrected chi connectivity index (χ0v) is 13.9. The molecule has 1 heterocycles. The Labute approximate surface area is 138 Å². The maximum Gasteiger partial charge on any atom is 0.354 e. The number of nitrogens with one attached hydrogen (secondary N) is 1. The Bertz CT molecular complexity index is 807. The second-order valence-corrected chi connectivity index (χ2v) is 5.11. The van der Waals surface area contributed by atoms with E-state index >= 15 is 0 Å². The third kappa shape index (κ3) is 3.54. The Hall–Kier alpha value is -2.87. The maximum absolute atomic E-state index is 11.8. The molecule has 0 bridgehead atoms. The van der Waals surface area contributed by atoms with E-state index in [-0.39, 0.29) is 5.70 Å². The summed E-state index contributed by atoms with van der Waals surface area (Å²) < 4.78 is 11.0. The van der Waals surface area contributed by atoms with Gasteiger partial charge in [0.1, 0.15) is 17.6 Å². The number of hydrogen-bond donors (Lipinski definition) is 2. The van der Waals surface area contributed by atoms with Crippen LogP contribution in [-0.2, 0) is 26.1 Å². The summed E-state index contributed by atoms with van der Waals surface area (Å²) in [5.74, 6) is -0.857. The monoisotopic (exact) mass is 333 g/mol. The fourth-order valence-electron chi connectivity index (χ4n) is 2.26. The van der Waals surface area contributed by atoms with Gasteiger partial charge in [-0.3, -0.25) is 0 Å². The first-order chi connectivity index (χ1) is 11.4. The van der Waals surface area contributed by atoms with Crippen molar-refractivity contribution in [2.75, 3.05) is 19.5 Å². The Morgan fingerprint density at radius 1 is 1.33 bits per heavy atom. The molecule has 0 saturated carbocycles. The van der Waals surface area contributed by atoms with Crippen molar-refractivity contribution in [3.8, 4) is 0 Å². The highest BCUT2D eigenvalue weighted by molar-refractivity contribution is 5.99. The van der Waals surface area contributed by atoms with Crippen LogP contribution in [0.1, 0.15) is 18.9 Å². The van der Waals surface area contributed by atoms with Gasteiger partial charge in [-0.05, 0) is 25.1 Å². The number of imidazole rings is 1. The van der Waals surface area contributed by atoms with E-state index in [1.807, 2.05) is 7.05 Å². The maximum atomic E-state index is 11.8. The number of carbonyl (C=O) groups is 2. The molecule has 0 aliphatic heterocycles. The van der Waals surface area contributed by atoms with Gasteiger partial charge in [0.2, 0.25) is 0 Å². The third-order valence-corrected chi connectivity index (χ3v) is 3.44. The number of hydrogen-bond acceptors (Lipinski definition) is 7. The largest absolute Gasteiger partial charge is 0.466 e. The van der Waals surface area contributed by atoms with E-state index in [1.54, 1.807) is 29.7 Å². The summed E-state index contributed by atoms with van der Waals surface area (Å²) in [6.07, 6.45) is 0.305. The molecule has 1 unspecified atom stereocenters. The molecule has 8 heteroatoms. The summed E-state index contributed by atoms with van der Waals surface area (Å²) >= 11 is 0. The molecule has 1 aromatic heterocycles. The van der Waals surface area contributed by atoms with Crippen LogP contribution in [0.2, 0.25) is 0 Å². The number of aryl methyl sites for hydroxylation is 1. The van der Waals surface area contributed by atoms with Gasteiger partial charge in [-0.25, -0.2) is 14.6 Å². The number of aliphatic hydroxyl groups excluding tert-OH is 1. The molecule has 2 N–H and O–H groups in total. The summed E-state index contributed by atoms with van der Waals surface area (Å²) in [6, 6.07) is 5.22. The van der Waals surface area contributed by atoms with Crippen LogP contribution in [0.25, 0.3) is 11.0 Å². The van der Waals surface area contributed by atoms with Crippen LogP contribution in [0.5, 0.6) is 0 Å². The molecule has 2 rings (SSSR count). The molecule has 2 aromatic rings. The van der Waals surface area contributed by atoms with Gasteiger partial charge in [0.15, 0.2) is 0 Å². The van der Waals surface area contributed by atoms with Crippen molar-refractivity contribution >= 4 is 28.7 Å². The van der Waals surface area contributed by atoms with Gasteiger partial charge in [-0.15, -0.1) is 0 Å². The lowest BCUT2D eigenvalue weighted by atomic mass is 10.2. The highest BCUT2D eigenvalue weighted by Crippen LogP contribution is 2.23. The second-order valence-electron chi connectivity index (χ2n) is 5.11. The van der Waals surface area contributed by atoms with Crippen molar-refractivity contribution in [1.29, 1.82) is 0 Å². The van der Waals surface area contributed by atoms with Gasteiger partial charge in [-0.2, -0.15) is 0 Å². The summed E-state index contributed by atoms with van der Waals surface area (Å²) in [6.45, 7) is 1.63. The van der Waals surface area contributed by atoms with Crippen molar-refractivity contribution < 1.29 is 24.2 Å². The normalized spacial score (nSPS) is 12.8. The number of methoxy groups -OCH3 is 2. The number of esters is 2. The Balaban J connectivity index is 2.39. The molecule has 1 aromatic carbocycles. The first kappa shape index (κ1) is 17.5. The molecular weight excluding hydrogens is 314 g/mol. The fraction of sp³-hybridized carbons (Fsp3) is 0.312. The van der Waals surface area contributed by atoms with E-state index in [9.17, 15) is 14.7 Å². The number of aromatic nitrogens is 2. The van der Waals surface area contributed by atoms with Crippen LogP contribution >= 0.6 is 0 Å². The van der Waals surface area contributed by atoms with Crippen molar-refractivity contribution in [3.63, 3.8) is 0 Å². The number of anilines is 1. The number of rotatable bonds is 5. The molecule has 0 amide bonds. The van der Waals surface area contributed by atoms with Crippen molar-refractivity contribution in [1.82, 2.24) is 9.55 Å². The molecule has 0 spiro atoms. The van der Waals surface area contributed by atoms with Gasteiger partial charge in [0.05, 0.1) is 31.3 Å². The van der Waals surface area contributed by atoms with Crippen LogP contribution < -0.4 is 5.32 Å². The van der Waals surface area contributed by atoms with Gasteiger partial charge in [0, 0.05) is 12.7 Å². The lowest BCUT2D eigenvalue weighted by molar-refractivity contribution is -0.138. The average molecular weight is 333 g/mol. The number of benzene rings is 1. The van der Waals surface area contributed by atoms with E-state index in [0.29, 0.717) is 17.0 Å². The molecule has 128 valence electrons. The highest BCUT2D eigenvalue weighted by Gasteiger charge is 2.15.